The minimum Gasteiger partial charge on any atom is -0.501 e. The summed E-state index contributed by atoms with van der Waals surface area (Å²) in [5, 5.41) is 3.60. The average Bonchev–Trinajstić information content (AvgIpc) is 3.50. The van der Waals surface area contributed by atoms with Gasteiger partial charge in [-0.05, 0) is 46.8 Å². The van der Waals surface area contributed by atoms with E-state index in [1.165, 1.54) is 33.0 Å². The van der Waals surface area contributed by atoms with Crippen LogP contribution in [-0.2, 0) is 20.1 Å². The zero-order valence-corrected chi connectivity index (χ0v) is 32.3. The van der Waals surface area contributed by atoms with Crippen molar-refractivity contribution in [3.63, 3.8) is 0 Å². The maximum Gasteiger partial charge on any atom is 0.121 e. The Kier molecular flexibility index (Phi) is 10.4. The van der Waals surface area contributed by atoms with Crippen molar-refractivity contribution >= 4 is 35.2 Å². The smallest absolute Gasteiger partial charge is 0.121 e. The van der Waals surface area contributed by atoms with E-state index < -0.39 is 8.07 Å². The normalized spacial score (nSPS) is 11.1. The number of fused-ring (bicyclic) bond motifs is 3. The summed E-state index contributed by atoms with van der Waals surface area (Å²) < 4.78 is 6.27. The van der Waals surface area contributed by atoms with Crippen LogP contribution < -0.4 is 5.19 Å². The minimum absolute atomic E-state index is 0. The topological polar surface area (TPSA) is 38.9 Å². The van der Waals surface area contributed by atoms with Gasteiger partial charge in [0.1, 0.15) is 5.58 Å². The van der Waals surface area contributed by atoms with Crippen molar-refractivity contribution in [1.29, 1.82) is 0 Å². The van der Waals surface area contributed by atoms with Crippen LogP contribution in [0.2, 0.25) is 19.6 Å². The van der Waals surface area contributed by atoms with E-state index in [9.17, 15) is 0 Å². The van der Waals surface area contributed by atoms with E-state index in [0.717, 1.165) is 50.0 Å². The van der Waals surface area contributed by atoms with Crippen molar-refractivity contribution in [1.82, 2.24) is 9.97 Å². The van der Waals surface area contributed by atoms with Crippen LogP contribution in [0.5, 0.6) is 0 Å². The largest absolute Gasteiger partial charge is 0.501 e. The Hall–Kier alpha value is -4.93. The second-order valence-electron chi connectivity index (χ2n) is 13.5. The van der Waals surface area contributed by atoms with Crippen molar-refractivity contribution in [3.05, 3.63) is 163 Å². The molecule has 249 valence electrons. The molecule has 0 amide bonds. The number of aryl methyl sites for hydroxylation is 2. The van der Waals surface area contributed by atoms with Gasteiger partial charge in [-0.1, -0.05) is 145 Å². The van der Waals surface area contributed by atoms with Crippen molar-refractivity contribution < 1.29 is 24.5 Å². The van der Waals surface area contributed by atoms with E-state index >= 15 is 0 Å². The Bertz CT molecular complexity index is 2380. The second-order valence-corrected chi connectivity index (χ2v) is 18.6. The molecule has 3 nitrogen and oxygen atoms in total. The van der Waals surface area contributed by atoms with Gasteiger partial charge >= 0.3 is 0 Å². The Morgan fingerprint density at radius 1 is 0.640 bits per heavy atom. The van der Waals surface area contributed by atoms with Gasteiger partial charge in [-0.15, -0.1) is 47.5 Å². The summed E-state index contributed by atoms with van der Waals surface area (Å²) in [6.07, 6.45) is 3.86. The number of hydrogen-bond acceptors (Lipinski definition) is 3. The van der Waals surface area contributed by atoms with Gasteiger partial charge in [-0.25, -0.2) is 0 Å². The predicted molar refractivity (Wildman–Crippen MR) is 208 cm³/mol. The third-order valence-corrected chi connectivity index (χ3v) is 10.9. The third-order valence-electron chi connectivity index (χ3n) is 8.86. The molecule has 3 heterocycles. The van der Waals surface area contributed by atoms with Crippen molar-refractivity contribution in [2.45, 2.75) is 33.5 Å². The standard InChI is InChI=1S/C24H16NO.C21H22NSi.Ir/c1-16-12-13-25-22(14-16)21-9-5-8-20-19-11-10-18(15-23(19)26-24(20)21)17-6-3-2-4-7-17;1-16-14-18(10-12-20(16)17-8-6-5-7-9-17)21-13-11-19(15-22-21)23(2,3)4;/h2-8,10-15H,1H3;5-9,11-15H,1-4H3;/q2*-1;. The minimum atomic E-state index is -1.29. The van der Waals surface area contributed by atoms with Crippen LogP contribution in [0.1, 0.15) is 11.1 Å². The molecule has 0 fully saturated rings. The molecule has 0 N–H and O–H groups in total. The van der Waals surface area contributed by atoms with Crippen molar-refractivity contribution in [2.75, 3.05) is 0 Å². The maximum absolute atomic E-state index is 6.27. The van der Waals surface area contributed by atoms with Crippen LogP contribution in [0.15, 0.2) is 144 Å². The molecule has 0 aliphatic carbocycles. The first kappa shape index (κ1) is 34.9. The first-order chi connectivity index (χ1) is 23.7. The summed E-state index contributed by atoms with van der Waals surface area (Å²) >= 11 is 0. The van der Waals surface area contributed by atoms with Gasteiger partial charge in [-0.3, -0.25) is 0 Å². The monoisotopic (exact) mass is 843 g/mol. The average molecular weight is 843 g/mol. The number of aromatic nitrogens is 2. The maximum atomic E-state index is 6.27. The molecule has 5 heteroatoms. The Morgan fingerprint density at radius 2 is 1.38 bits per heavy atom. The molecule has 3 aromatic heterocycles. The van der Waals surface area contributed by atoms with Crippen LogP contribution in [0.3, 0.4) is 0 Å². The number of nitrogens with zero attached hydrogens (tertiary/aromatic N) is 2. The Morgan fingerprint density at radius 3 is 2.04 bits per heavy atom. The first-order valence-corrected chi connectivity index (χ1v) is 20.1. The molecular weight excluding hydrogens is 805 g/mol. The van der Waals surface area contributed by atoms with E-state index in [1.807, 2.05) is 36.7 Å². The van der Waals surface area contributed by atoms with Crippen LogP contribution in [0, 0.1) is 26.0 Å². The first-order valence-electron chi connectivity index (χ1n) is 16.6. The molecule has 0 atom stereocenters. The molecule has 0 aliphatic heterocycles. The number of furan rings is 1. The van der Waals surface area contributed by atoms with Gasteiger partial charge in [0, 0.05) is 37.9 Å². The van der Waals surface area contributed by atoms with E-state index in [2.05, 4.69) is 159 Å². The van der Waals surface area contributed by atoms with Gasteiger partial charge < -0.3 is 14.4 Å². The zero-order valence-electron chi connectivity index (χ0n) is 28.9. The summed E-state index contributed by atoms with van der Waals surface area (Å²) in [5.74, 6) is 0. The second kappa shape index (κ2) is 14.9. The fourth-order valence-electron chi connectivity index (χ4n) is 6.09. The molecule has 8 rings (SSSR count). The molecule has 5 aromatic carbocycles. The molecule has 0 spiro atoms. The molecule has 0 unspecified atom stereocenters. The van der Waals surface area contributed by atoms with Crippen LogP contribution >= 0.6 is 0 Å². The summed E-state index contributed by atoms with van der Waals surface area (Å²) in [6, 6.07) is 50.6. The number of pyridine rings is 2. The predicted octanol–water partition coefficient (Wildman–Crippen LogP) is 11.5. The SMILES string of the molecule is Cc1cc(-c2ccc([Si](C)(C)C)cn2)[c-]cc1-c1ccccc1.Cc1ccnc(-c2[c-]ccc3c2oc2cc(-c4ccccc4)ccc23)c1.[Ir]. The zero-order chi connectivity index (χ0) is 34.0. The summed E-state index contributed by atoms with van der Waals surface area (Å²) in [4.78, 5) is 9.17. The molecule has 0 saturated heterocycles. The molecule has 50 heavy (non-hydrogen) atoms. The van der Waals surface area contributed by atoms with E-state index in [0.29, 0.717) is 0 Å². The van der Waals surface area contributed by atoms with Gasteiger partial charge in [0.25, 0.3) is 0 Å². The molecular formula is C45H38IrN2OSi-2. The Balaban J connectivity index is 0.000000171. The summed E-state index contributed by atoms with van der Waals surface area (Å²) in [7, 11) is -1.29. The van der Waals surface area contributed by atoms with Gasteiger partial charge in [0.2, 0.25) is 0 Å². The summed E-state index contributed by atoms with van der Waals surface area (Å²) in [5.41, 5.74) is 12.8. The van der Waals surface area contributed by atoms with E-state index in [-0.39, 0.29) is 20.1 Å². The van der Waals surface area contributed by atoms with Crippen LogP contribution in [0.4, 0.5) is 0 Å². The van der Waals surface area contributed by atoms with Crippen molar-refractivity contribution in [2.24, 2.45) is 0 Å². The number of benzene rings is 5. The fourth-order valence-corrected chi connectivity index (χ4v) is 7.12. The molecule has 0 aliphatic rings. The van der Waals surface area contributed by atoms with Gasteiger partial charge in [0.15, 0.2) is 0 Å². The Labute approximate surface area is 309 Å². The van der Waals surface area contributed by atoms with Gasteiger partial charge in [-0.2, -0.15) is 0 Å². The van der Waals surface area contributed by atoms with Crippen LogP contribution in [0.25, 0.3) is 66.7 Å². The molecule has 0 bridgehead atoms. The molecule has 0 saturated carbocycles. The molecule has 8 aromatic rings. The summed E-state index contributed by atoms with van der Waals surface area (Å²) in [6.45, 7) is 11.2. The third kappa shape index (κ3) is 7.46. The van der Waals surface area contributed by atoms with Crippen LogP contribution in [-0.4, -0.2) is 18.0 Å². The molecule has 1 radical (unpaired) electrons. The van der Waals surface area contributed by atoms with Gasteiger partial charge in [0.05, 0.1) is 13.7 Å². The van der Waals surface area contributed by atoms with Crippen molar-refractivity contribution in [3.8, 4) is 44.8 Å². The quantitative estimate of drug-likeness (QED) is 0.128. The van der Waals surface area contributed by atoms with E-state index in [1.54, 1.807) is 0 Å². The van der Waals surface area contributed by atoms with E-state index in [4.69, 9.17) is 4.42 Å². The number of hydrogen-bond donors (Lipinski definition) is 0. The fraction of sp³-hybridized carbons (Fsp3) is 0.111. The number of rotatable bonds is 5.